The molecule has 4 fully saturated rings. The first-order valence-electron chi connectivity index (χ1n) is 27.6. The van der Waals surface area contributed by atoms with Crippen LogP contribution in [0.4, 0.5) is 19.6 Å². The van der Waals surface area contributed by atoms with Crippen LogP contribution in [-0.2, 0) is 19.1 Å². The van der Waals surface area contributed by atoms with E-state index < -0.39 is 11.6 Å². The van der Waals surface area contributed by atoms with Crippen LogP contribution in [0.15, 0.2) is 66.7 Å². The number of ether oxygens (including phenoxy) is 2. The molecule has 3 unspecified atom stereocenters. The fraction of sp³-hybridized carbons (Fsp3) is 0.458. The predicted molar refractivity (Wildman–Crippen MR) is 319 cm³/mol. The van der Waals surface area contributed by atoms with Gasteiger partial charge in [0.1, 0.15) is 28.2 Å². The lowest BCUT2D eigenvalue weighted by Crippen LogP contribution is -2.54. The number of likely N-dealkylation sites (tertiary alicyclic amines) is 2. The van der Waals surface area contributed by atoms with E-state index in [1.807, 2.05) is 66.4 Å². The lowest BCUT2D eigenvalue weighted by atomic mass is 9.61. The number of amides is 3. The summed E-state index contributed by atoms with van der Waals surface area (Å²) in [4.78, 5) is 49.4. The van der Waals surface area contributed by atoms with E-state index in [2.05, 4.69) is 63.3 Å². The van der Waals surface area contributed by atoms with Crippen LogP contribution < -0.4 is 31.2 Å². The molecule has 6 heterocycles. The second-order valence-corrected chi connectivity index (χ2v) is 23.1. The minimum absolute atomic E-state index is 0.0165. The molecule has 80 heavy (non-hydrogen) atoms. The van der Waals surface area contributed by atoms with E-state index in [1.165, 1.54) is 45.2 Å². The smallest absolute Gasteiger partial charge is 0.318 e. The van der Waals surface area contributed by atoms with Crippen molar-refractivity contribution in [2.45, 2.75) is 104 Å². The molecule has 0 aliphatic carbocycles. The quantitative estimate of drug-likeness (QED) is 0.0408. The molecule has 4 aliphatic rings. The molecule has 3 amide bonds. The Labute approximate surface area is 483 Å². The number of nitrogen functional groups attached to an aromatic ring is 1. The van der Waals surface area contributed by atoms with Crippen molar-refractivity contribution >= 4 is 91.4 Å². The van der Waals surface area contributed by atoms with Gasteiger partial charge >= 0.3 is 6.01 Å². The van der Waals surface area contributed by atoms with Crippen molar-refractivity contribution in [3.05, 3.63) is 99.5 Å². The zero-order chi connectivity index (χ0) is 57.5. The van der Waals surface area contributed by atoms with Gasteiger partial charge in [-0.1, -0.05) is 98.8 Å². The summed E-state index contributed by atoms with van der Waals surface area (Å²) in [5, 5.41) is 20.3. The van der Waals surface area contributed by atoms with E-state index in [0.29, 0.717) is 56.2 Å². The fourth-order valence-corrected chi connectivity index (χ4v) is 11.9. The molecular formula is C59H73BCl2F2N10O5S. The number of anilines is 2. The minimum Gasteiger partial charge on any atom is -0.467 e. The lowest BCUT2D eigenvalue weighted by Gasteiger charge is -2.33. The third-order valence-corrected chi connectivity index (χ3v) is 16.1. The third kappa shape index (κ3) is 15.9. The first-order valence-corrected chi connectivity index (χ1v) is 29.1. The molecule has 4 aliphatic heterocycles. The zero-order valence-electron chi connectivity index (χ0n) is 46.6. The lowest BCUT2D eigenvalue weighted by molar-refractivity contribution is -0.133. The van der Waals surface area contributed by atoms with Crippen LogP contribution >= 0.6 is 34.5 Å². The van der Waals surface area contributed by atoms with Crippen LogP contribution in [0.2, 0.25) is 16.4 Å². The molecule has 3 atom stereocenters. The molecule has 426 valence electrons. The Morgan fingerprint density at radius 1 is 0.988 bits per heavy atom. The van der Waals surface area contributed by atoms with Gasteiger partial charge in [0, 0.05) is 78.1 Å². The molecule has 10 rings (SSSR count). The number of halogens is 4. The number of nitrogens with two attached hydrogens (primary N) is 1. The normalized spacial score (nSPS) is 17.0. The number of carbonyl (C=O) groups excluding carboxylic acids is 3. The van der Waals surface area contributed by atoms with Gasteiger partial charge in [-0.25, -0.2) is 8.78 Å². The van der Waals surface area contributed by atoms with Gasteiger partial charge in [0.05, 0.1) is 41.6 Å². The van der Waals surface area contributed by atoms with Crippen LogP contribution in [-0.4, -0.2) is 123 Å². The Kier molecular flexibility index (Phi) is 22.7. The molecule has 0 radical (unpaired) electrons. The van der Waals surface area contributed by atoms with Gasteiger partial charge in [0.15, 0.2) is 5.82 Å². The number of aromatic nitrogens is 2. The maximum atomic E-state index is 16.3. The van der Waals surface area contributed by atoms with Gasteiger partial charge in [0.2, 0.25) is 25.1 Å². The summed E-state index contributed by atoms with van der Waals surface area (Å²) in [5.41, 5.74) is 9.54. The van der Waals surface area contributed by atoms with Crippen LogP contribution in [0.3, 0.4) is 0 Å². The number of nitrogens with zero attached hydrogens (tertiary/aromatic N) is 6. The third-order valence-electron chi connectivity index (χ3n) is 14.4. The zero-order valence-corrected chi connectivity index (χ0v) is 48.9. The van der Waals surface area contributed by atoms with Crippen LogP contribution in [0.1, 0.15) is 96.7 Å². The van der Waals surface area contributed by atoms with Crippen molar-refractivity contribution in [1.82, 2.24) is 35.6 Å². The van der Waals surface area contributed by atoms with E-state index in [0.717, 1.165) is 97.0 Å². The monoisotopic (exact) mass is 1150 g/mol. The number of benzene rings is 4. The van der Waals surface area contributed by atoms with Gasteiger partial charge in [-0.15, -0.1) is 11.3 Å². The molecule has 2 bridgehead atoms. The van der Waals surface area contributed by atoms with Crippen molar-refractivity contribution in [2.24, 2.45) is 5.92 Å². The second-order valence-electron chi connectivity index (χ2n) is 21.2. The van der Waals surface area contributed by atoms with Gasteiger partial charge in [-0.2, -0.15) is 15.2 Å². The number of hydrogen-bond acceptors (Lipinski definition) is 13. The Morgan fingerprint density at radius 2 is 1.73 bits per heavy atom. The summed E-state index contributed by atoms with van der Waals surface area (Å²) in [6.45, 7) is 17.1. The molecule has 15 nitrogen and oxygen atoms in total. The van der Waals surface area contributed by atoms with Gasteiger partial charge in [-0.3, -0.25) is 14.4 Å². The number of fused-ring (bicyclic) bond motifs is 4. The van der Waals surface area contributed by atoms with Crippen molar-refractivity contribution in [3.8, 4) is 34.3 Å². The maximum absolute atomic E-state index is 16.3. The number of hydrogen-bond donors (Lipinski definition) is 4. The van der Waals surface area contributed by atoms with Gasteiger partial charge in [0.25, 0.3) is 0 Å². The summed E-state index contributed by atoms with van der Waals surface area (Å²) in [7, 11) is 1.43. The number of carbonyl (C=O) groups is 3. The molecular weight excluding hydrogens is 1080 g/mol. The fourth-order valence-electron chi connectivity index (χ4n) is 10.4. The Balaban J connectivity index is 0.000000178. The molecule has 6 aromatic rings. The van der Waals surface area contributed by atoms with Crippen LogP contribution in [0.5, 0.6) is 6.01 Å². The summed E-state index contributed by atoms with van der Waals surface area (Å²) in [5.74, 6) is 0.0620. The Hall–Kier alpha value is -6.14. The van der Waals surface area contributed by atoms with E-state index in [1.54, 1.807) is 6.07 Å². The van der Waals surface area contributed by atoms with Crippen LogP contribution in [0, 0.1) is 28.9 Å². The van der Waals surface area contributed by atoms with E-state index in [9.17, 15) is 24.0 Å². The predicted octanol–water partition coefficient (Wildman–Crippen LogP) is 11.1. The Morgan fingerprint density at radius 3 is 2.39 bits per heavy atom. The van der Waals surface area contributed by atoms with E-state index in [-0.39, 0.29) is 72.7 Å². The molecule has 0 spiro atoms. The van der Waals surface area contributed by atoms with Crippen molar-refractivity contribution in [1.29, 1.82) is 5.26 Å². The molecule has 0 saturated carbocycles. The summed E-state index contributed by atoms with van der Waals surface area (Å²) < 4.78 is 41.8. The number of nitriles is 1. The first-order chi connectivity index (χ1) is 38.5. The summed E-state index contributed by atoms with van der Waals surface area (Å²) in [6, 6.07) is 22.7. The highest BCUT2D eigenvalue weighted by Gasteiger charge is 2.37. The van der Waals surface area contributed by atoms with E-state index >= 15 is 4.39 Å². The van der Waals surface area contributed by atoms with Gasteiger partial charge < -0.3 is 45.8 Å². The highest BCUT2D eigenvalue weighted by Crippen LogP contribution is 2.46. The van der Waals surface area contributed by atoms with Gasteiger partial charge in [-0.05, 0) is 106 Å². The topological polar surface area (TPSA) is 191 Å². The maximum Gasteiger partial charge on any atom is 0.318 e. The first kappa shape index (κ1) is 61.5. The largest absolute Gasteiger partial charge is 0.467 e. The summed E-state index contributed by atoms with van der Waals surface area (Å²) >= 11 is 13.8. The van der Waals surface area contributed by atoms with Crippen molar-refractivity contribution in [3.63, 3.8) is 0 Å². The molecule has 21 heteroatoms. The highest BCUT2D eigenvalue weighted by atomic mass is 35.5. The Bertz CT molecular complexity index is 3110. The minimum atomic E-state index is -0.700. The standard InChI is InChI=1S/C23H18BClF2N6OS.C17H31N3O3.C15H14ClNO.C4H10/c1-34-23-30-19-12(22(31-23)33-8-10-4-5-24(9-33)32-10)6-14(25)17(18(19)27)11-2-3-15(26)20-16(11)13(7-28)21(29)35-20;1-15-6-4-11-20(15)17(22)14-18-16(21)7-13-23-12-5-10-19-8-2-3-9-19;1-11(17-10-18)12-6-8-13(9-7-12)14-4-2-3-5-15(14)16;1-4(2)3/h2-3,6,10,32H,4-5,8-9,29H2,1H3;15H,2-14H2,1H3,(H,18,21);2-11H,1H3,(H,17,18);4H,1-3H3. The number of thiophene rings is 1. The van der Waals surface area contributed by atoms with Crippen LogP contribution in [0.25, 0.3) is 43.2 Å². The summed E-state index contributed by atoms with van der Waals surface area (Å²) in [6.07, 6.45) is 9.69. The average Bonchev–Trinajstić information content (AvgIpc) is 4.35. The number of methoxy groups -OCH3 is 1. The number of rotatable bonds is 16. The SMILES string of the molecule is CC(C)C.CC(NC=O)c1ccc(-c2ccccc2Cl)cc1.CC1CCCN1C(=O)CNC(=O)CCOCCCN1CCCC1.COc1nc(N2CB3CCC(C2)N3)c2cc(Cl)c(-c3ccc(F)c4sc(N)c(C#N)c34)c(F)c2n1. The second kappa shape index (κ2) is 29.5. The van der Waals surface area contributed by atoms with E-state index in [4.69, 9.17) is 38.4 Å². The molecule has 4 aromatic carbocycles. The molecule has 4 saturated heterocycles. The molecule has 5 N–H and O–H groups in total. The molecule has 2 aromatic heterocycles. The van der Waals surface area contributed by atoms with Crippen molar-refractivity contribution in [2.75, 3.05) is 76.7 Å². The van der Waals surface area contributed by atoms with Crippen molar-refractivity contribution < 1.29 is 32.6 Å². The number of nitrogens with one attached hydrogen (secondary N) is 3. The highest BCUT2D eigenvalue weighted by molar-refractivity contribution is 7.23. The average molecular weight is 1150 g/mol.